The number of amides is 3. The zero-order valence-corrected chi connectivity index (χ0v) is 20.1. The second kappa shape index (κ2) is 10.8. The van der Waals surface area contributed by atoms with Crippen molar-refractivity contribution in [3.8, 4) is 0 Å². The topological polar surface area (TPSA) is 177 Å². The summed E-state index contributed by atoms with van der Waals surface area (Å²) < 4.78 is 4.89. The molecule has 182 valence electrons. The number of β-lactam (4-membered cyclic amide) rings is 1. The monoisotopic (exact) mass is 531 g/mol. The van der Waals surface area contributed by atoms with Crippen LogP contribution in [0.3, 0.4) is 0 Å². The number of rotatable bonds is 9. The van der Waals surface area contributed by atoms with Gasteiger partial charge in [0.2, 0.25) is 5.91 Å². The van der Waals surface area contributed by atoms with Gasteiger partial charge in [0.15, 0.2) is 10.8 Å². The number of carboxylic acid groups (broad SMARTS) is 1. The predicted molar refractivity (Wildman–Crippen MR) is 121 cm³/mol. The van der Waals surface area contributed by atoms with Crippen molar-refractivity contribution >= 4 is 75.2 Å². The van der Waals surface area contributed by atoms with Gasteiger partial charge in [0.05, 0.1) is 0 Å². The van der Waals surface area contributed by atoms with Gasteiger partial charge in [-0.2, -0.15) is 0 Å². The van der Waals surface area contributed by atoms with E-state index >= 15 is 0 Å². The van der Waals surface area contributed by atoms with Crippen molar-refractivity contribution in [2.45, 2.75) is 18.3 Å². The second-order valence-corrected chi connectivity index (χ2v) is 8.97. The number of nitrogens with zero attached hydrogens (tertiary/aromatic N) is 3. The molecule has 3 amide bonds. The zero-order valence-electron chi connectivity index (χ0n) is 17.7. The van der Waals surface area contributed by atoms with Gasteiger partial charge in [-0.15, -0.1) is 34.7 Å². The first kappa shape index (κ1) is 25.5. The average Bonchev–Trinajstić information content (AvgIpc) is 3.26. The smallest absolute Gasteiger partial charge is 0.352 e. The van der Waals surface area contributed by atoms with Crippen LogP contribution >= 0.6 is 34.7 Å². The Labute approximate surface area is 205 Å². The van der Waals surface area contributed by atoms with Crippen LogP contribution in [0.5, 0.6) is 0 Å². The molecule has 1 saturated heterocycles. The van der Waals surface area contributed by atoms with Crippen LogP contribution in [-0.2, 0) is 33.5 Å². The Bertz CT molecular complexity index is 1100. The minimum Gasteiger partial charge on any atom is -0.477 e. The number of aromatic nitrogens is 1. The number of carboxylic acids is 1. The molecule has 2 atom stereocenters. The maximum atomic E-state index is 12.9. The fraction of sp³-hybridized carbons (Fsp3) is 0.389. The van der Waals surface area contributed by atoms with Gasteiger partial charge < -0.3 is 25.3 Å². The molecule has 2 aliphatic heterocycles. The highest BCUT2D eigenvalue weighted by atomic mass is 35.5. The summed E-state index contributed by atoms with van der Waals surface area (Å²) in [6, 6.07) is -1.03. The lowest BCUT2D eigenvalue weighted by atomic mass is 10.0. The molecule has 1 fully saturated rings. The molecule has 0 aliphatic carbocycles. The molecular formula is C18H18ClN5O8S2. The number of alkyl halides is 1. The van der Waals surface area contributed by atoms with Crippen molar-refractivity contribution in [1.82, 2.24) is 15.2 Å². The average molecular weight is 532 g/mol. The van der Waals surface area contributed by atoms with Crippen LogP contribution in [0, 0.1) is 0 Å². The molecule has 0 saturated carbocycles. The molecule has 3 heterocycles. The molecular weight excluding hydrogens is 514 g/mol. The Morgan fingerprint density at radius 1 is 1.38 bits per heavy atom. The third kappa shape index (κ3) is 5.31. The summed E-state index contributed by atoms with van der Waals surface area (Å²) in [5.74, 6) is -3.93. The Balaban J connectivity index is 1.75. The molecule has 1 unspecified atom stereocenters. The summed E-state index contributed by atoms with van der Waals surface area (Å²) in [6.07, 6.45) is 0. The molecule has 2 aliphatic rings. The van der Waals surface area contributed by atoms with Crippen LogP contribution in [0.1, 0.15) is 12.6 Å². The first-order valence-corrected chi connectivity index (χ1v) is 11.9. The number of hydrogen-bond donors (Lipinski definition) is 3. The highest BCUT2D eigenvalue weighted by molar-refractivity contribution is 8.00. The van der Waals surface area contributed by atoms with Crippen molar-refractivity contribution in [2.24, 2.45) is 5.16 Å². The number of anilines is 1. The molecule has 13 nitrogen and oxygen atoms in total. The van der Waals surface area contributed by atoms with E-state index in [0.717, 1.165) is 16.2 Å². The standard InChI is InChI=1S/C18H18ClN5O8S2/c1-7(25)32-4-8-5-33-16-12(15(28)24(16)13(8)17(29)30)22-14(27)11(23-31-2)9-6-34-18(20-9)21-10(26)3-19/h6,12,16H,3-5H2,1-2H3,(H,22,27)(H,29,30)(H,20,21,26)/b23-11-/t12?,16-/m1/s1. The Morgan fingerprint density at radius 2 is 2.12 bits per heavy atom. The number of carbonyl (C=O) groups is 5. The molecule has 16 heteroatoms. The summed E-state index contributed by atoms with van der Waals surface area (Å²) in [5.41, 5.74) is -0.158. The lowest BCUT2D eigenvalue weighted by molar-refractivity contribution is -0.150. The van der Waals surface area contributed by atoms with Gasteiger partial charge in [-0.1, -0.05) is 5.16 Å². The first-order chi connectivity index (χ1) is 16.2. The number of carbonyl (C=O) groups excluding carboxylic acids is 4. The van der Waals surface area contributed by atoms with Gasteiger partial charge in [0.1, 0.15) is 42.4 Å². The maximum Gasteiger partial charge on any atom is 0.352 e. The third-order valence-corrected chi connectivity index (χ3v) is 6.84. The molecule has 1 aromatic heterocycles. The SMILES string of the molecule is CO/N=C(\C(=O)NC1C(=O)N2C(C(=O)O)=C(COC(C)=O)CS[C@H]12)c1csc(NC(=O)CCl)n1. The molecule has 0 aromatic carbocycles. The number of aliphatic carboxylic acids is 1. The normalized spacial score (nSPS) is 19.7. The van der Waals surface area contributed by atoms with E-state index in [2.05, 4.69) is 20.8 Å². The zero-order chi connectivity index (χ0) is 25.0. The molecule has 3 N–H and O–H groups in total. The van der Waals surface area contributed by atoms with Crippen LogP contribution < -0.4 is 10.6 Å². The largest absolute Gasteiger partial charge is 0.477 e. The van der Waals surface area contributed by atoms with Gasteiger partial charge in [0, 0.05) is 23.6 Å². The van der Waals surface area contributed by atoms with Gasteiger partial charge in [0.25, 0.3) is 11.8 Å². The molecule has 34 heavy (non-hydrogen) atoms. The quantitative estimate of drug-likeness (QED) is 0.129. The van der Waals surface area contributed by atoms with E-state index in [4.69, 9.17) is 21.2 Å². The number of thiazole rings is 1. The van der Waals surface area contributed by atoms with Crippen LogP contribution in [0.15, 0.2) is 21.8 Å². The highest BCUT2D eigenvalue weighted by Crippen LogP contribution is 2.40. The van der Waals surface area contributed by atoms with Gasteiger partial charge in [-0.05, 0) is 0 Å². The van der Waals surface area contributed by atoms with E-state index < -0.39 is 41.1 Å². The van der Waals surface area contributed by atoms with Crippen molar-refractivity contribution in [1.29, 1.82) is 0 Å². The summed E-state index contributed by atoms with van der Waals surface area (Å²) >= 11 is 7.69. The van der Waals surface area contributed by atoms with Crippen LogP contribution in [0.4, 0.5) is 5.13 Å². The van der Waals surface area contributed by atoms with Crippen molar-refractivity contribution < 1.29 is 38.7 Å². The van der Waals surface area contributed by atoms with E-state index in [1.165, 1.54) is 31.2 Å². The number of esters is 1. The number of ether oxygens (including phenoxy) is 1. The van der Waals surface area contributed by atoms with E-state index in [1.807, 2.05) is 0 Å². The van der Waals surface area contributed by atoms with E-state index in [1.54, 1.807) is 0 Å². The first-order valence-electron chi connectivity index (χ1n) is 9.45. The summed E-state index contributed by atoms with van der Waals surface area (Å²) in [5, 5.41) is 19.2. The number of hydrogen-bond acceptors (Lipinski definition) is 11. The number of fused-ring (bicyclic) bond motifs is 1. The van der Waals surface area contributed by atoms with Crippen LogP contribution in [0.2, 0.25) is 0 Å². The fourth-order valence-electron chi connectivity index (χ4n) is 3.08. The molecule has 0 radical (unpaired) electrons. The number of halogens is 1. The molecule has 0 bridgehead atoms. The van der Waals surface area contributed by atoms with Gasteiger partial charge >= 0.3 is 11.9 Å². The number of oxime groups is 1. The number of thioether (sulfide) groups is 1. The highest BCUT2D eigenvalue weighted by Gasteiger charge is 2.54. The van der Waals surface area contributed by atoms with E-state index in [-0.39, 0.29) is 46.0 Å². The van der Waals surface area contributed by atoms with Crippen molar-refractivity contribution in [3.63, 3.8) is 0 Å². The lowest BCUT2D eigenvalue weighted by Gasteiger charge is -2.49. The maximum absolute atomic E-state index is 12.9. The van der Waals surface area contributed by atoms with Crippen molar-refractivity contribution in [3.05, 3.63) is 22.3 Å². The minimum atomic E-state index is -1.35. The Morgan fingerprint density at radius 3 is 2.74 bits per heavy atom. The lowest BCUT2D eigenvalue weighted by Crippen LogP contribution is -2.71. The predicted octanol–water partition coefficient (Wildman–Crippen LogP) is -0.0274. The van der Waals surface area contributed by atoms with Crippen LogP contribution in [-0.4, -0.2) is 87.1 Å². The molecule has 1 aromatic rings. The third-order valence-electron chi connectivity index (χ3n) is 4.50. The summed E-state index contributed by atoms with van der Waals surface area (Å²) in [6.45, 7) is 0.935. The van der Waals surface area contributed by atoms with Gasteiger partial charge in [-0.25, -0.2) is 9.78 Å². The summed E-state index contributed by atoms with van der Waals surface area (Å²) in [4.78, 5) is 69.8. The van der Waals surface area contributed by atoms with Crippen LogP contribution in [0.25, 0.3) is 0 Å². The second-order valence-electron chi connectivity index (χ2n) is 6.74. The van der Waals surface area contributed by atoms with Gasteiger partial charge in [-0.3, -0.25) is 24.1 Å². The van der Waals surface area contributed by atoms with E-state index in [0.29, 0.717) is 0 Å². The minimum absolute atomic E-state index is 0.0870. The Kier molecular flexibility index (Phi) is 8.11. The van der Waals surface area contributed by atoms with E-state index in [9.17, 15) is 29.1 Å². The molecule has 3 rings (SSSR count). The van der Waals surface area contributed by atoms with Crippen molar-refractivity contribution in [2.75, 3.05) is 30.7 Å². The fourth-order valence-corrected chi connectivity index (χ4v) is 5.19. The number of nitrogens with one attached hydrogen (secondary N) is 2. The summed E-state index contributed by atoms with van der Waals surface area (Å²) in [7, 11) is 1.22. The Hall–Kier alpha value is -3.17. The molecule has 0 spiro atoms.